The number of amides is 1. The van der Waals surface area contributed by atoms with E-state index in [1.54, 1.807) is 11.7 Å². The number of hydrogen-bond donors (Lipinski definition) is 1. The minimum atomic E-state index is -0.0692. The maximum Gasteiger partial charge on any atom is 0.262 e. The maximum atomic E-state index is 13.0. The summed E-state index contributed by atoms with van der Waals surface area (Å²) in [5.41, 5.74) is 0.690. The molecule has 1 N–H and O–H groups in total. The average molecular weight is 418 g/mol. The Hall–Kier alpha value is -2.39. The zero-order valence-corrected chi connectivity index (χ0v) is 17.9. The van der Waals surface area contributed by atoms with Gasteiger partial charge in [0, 0.05) is 26.8 Å². The Kier molecular flexibility index (Phi) is 7.27. The number of carbonyl (C=O) groups is 1. The summed E-state index contributed by atoms with van der Waals surface area (Å²) in [4.78, 5) is 25.1. The number of carbonyl (C=O) groups excluding carboxylic acids is 1. The molecule has 3 rings (SSSR count). The third kappa shape index (κ3) is 4.97. The normalized spacial score (nSPS) is 11.6. The van der Waals surface area contributed by atoms with Crippen LogP contribution in [0.2, 0.25) is 0 Å². The molecular weight excluding hydrogens is 390 g/mol. The van der Waals surface area contributed by atoms with E-state index in [0.717, 1.165) is 18.4 Å². The Balaban J connectivity index is 1.89. The lowest BCUT2D eigenvalue weighted by Crippen LogP contribution is -2.27. The van der Waals surface area contributed by atoms with Crippen LogP contribution >= 0.6 is 11.8 Å². The van der Waals surface area contributed by atoms with Crippen molar-refractivity contribution in [3.05, 3.63) is 34.6 Å². The van der Waals surface area contributed by atoms with Gasteiger partial charge in [-0.3, -0.25) is 18.6 Å². The van der Waals surface area contributed by atoms with E-state index < -0.39 is 0 Å². The number of thioether (sulfide) groups is 1. The molecule has 0 atom stereocenters. The second-order valence-electron chi connectivity index (χ2n) is 7.26. The summed E-state index contributed by atoms with van der Waals surface area (Å²) in [6.07, 6.45) is 1.64. The molecule has 0 radical (unpaired) electrons. The van der Waals surface area contributed by atoms with Crippen LogP contribution in [0.3, 0.4) is 0 Å². The molecule has 0 saturated carbocycles. The Bertz CT molecular complexity index is 1040. The molecular formula is C20H27N5O3S. The van der Waals surface area contributed by atoms with Gasteiger partial charge >= 0.3 is 0 Å². The Morgan fingerprint density at radius 3 is 2.83 bits per heavy atom. The maximum absolute atomic E-state index is 13.0. The second-order valence-corrected chi connectivity index (χ2v) is 8.20. The minimum absolute atomic E-state index is 0.0615. The average Bonchev–Trinajstić information content (AvgIpc) is 3.13. The molecule has 0 saturated heterocycles. The van der Waals surface area contributed by atoms with Crippen molar-refractivity contribution in [1.82, 2.24) is 24.5 Å². The van der Waals surface area contributed by atoms with Crippen molar-refractivity contribution in [3.8, 4) is 0 Å². The Labute approximate surface area is 173 Å². The fraction of sp³-hybridized carbons (Fsp3) is 0.500. The van der Waals surface area contributed by atoms with E-state index in [1.165, 1.54) is 11.8 Å². The number of aromatic nitrogens is 4. The van der Waals surface area contributed by atoms with Gasteiger partial charge in [0.05, 0.1) is 16.7 Å². The van der Waals surface area contributed by atoms with Crippen molar-refractivity contribution in [3.63, 3.8) is 0 Å². The third-order valence-electron chi connectivity index (χ3n) is 4.59. The van der Waals surface area contributed by atoms with Crippen molar-refractivity contribution in [1.29, 1.82) is 0 Å². The molecule has 3 aromatic rings. The minimum Gasteiger partial charge on any atom is -0.385 e. The van der Waals surface area contributed by atoms with Crippen molar-refractivity contribution in [2.75, 3.05) is 26.0 Å². The molecule has 9 heteroatoms. The van der Waals surface area contributed by atoms with Gasteiger partial charge in [0.15, 0.2) is 5.16 Å². The van der Waals surface area contributed by atoms with E-state index in [1.807, 2.05) is 28.7 Å². The van der Waals surface area contributed by atoms with Crippen LogP contribution in [-0.4, -0.2) is 51.1 Å². The molecule has 156 valence electrons. The number of nitrogens with zero attached hydrogens (tertiary/aromatic N) is 4. The van der Waals surface area contributed by atoms with Crippen molar-refractivity contribution in [2.24, 2.45) is 5.92 Å². The largest absolute Gasteiger partial charge is 0.385 e. The van der Waals surface area contributed by atoms with E-state index in [9.17, 15) is 9.59 Å². The molecule has 0 spiro atoms. The highest BCUT2D eigenvalue weighted by molar-refractivity contribution is 7.99. The summed E-state index contributed by atoms with van der Waals surface area (Å²) in [7, 11) is 1.64. The van der Waals surface area contributed by atoms with Gasteiger partial charge in [-0.1, -0.05) is 37.7 Å². The molecule has 2 heterocycles. The Morgan fingerprint density at radius 2 is 2.07 bits per heavy atom. The van der Waals surface area contributed by atoms with E-state index in [-0.39, 0.29) is 17.2 Å². The first kappa shape index (κ1) is 21.3. The highest BCUT2D eigenvalue weighted by Crippen LogP contribution is 2.21. The van der Waals surface area contributed by atoms with Crippen LogP contribution in [0.4, 0.5) is 0 Å². The van der Waals surface area contributed by atoms with Gasteiger partial charge < -0.3 is 10.1 Å². The molecule has 0 aliphatic heterocycles. The quantitative estimate of drug-likeness (QED) is 0.402. The smallest absolute Gasteiger partial charge is 0.262 e. The van der Waals surface area contributed by atoms with Crippen LogP contribution in [0.5, 0.6) is 0 Å². The monoisotopic (exact) mass is 417 g/mol. The molecule has 1 aromatic carbocycles. The van der Waals surface area contributed by atoms with E-state index in [2.05, 4.69) is 29.4 Å². The fourth-order valence-corrected chi connectivity index (χ4v) is 3.81. The lowest BCUT2D eigenvalue weighted by molar-refractivity contribution is -0.118. The first-order valence-corrected chi connectivity index (χ1v) is 10.8. The summed E-state index contributed by atoms with van der Waals surface area (Å²) < 4.78 is 8.54. The van der Waals surface area contributed by atoms with Crippen LogP contribution in [-0.2, 0) is 16.1 Å². The lowest BCUT2D eigenvalue weighted by atomic mass is 10.1. The van der Waals surface area contributed by atoms with Gasteiger partial charge in [0.2, 0.25) is 11.7 Å². The number of rotatable bonds is 10. The molecule has 0 fully saturated rings. The molecule has 0 aliphatic carbocycles. The first-order valence-electron chi connectivity index (χ1n) is 9.78. The number of methoxy groups -OCH3 is 1. The molecule has 0 bridgehead atoms. The number of nitrogens with one attached hydrogen (secondary N) is 1. The number of ether oxygens (including phenoxy) is 1. The van der Waals surface area contributed by atoms with Gasteiger partial charge in [0.1, 0.15) is 0 Å². The van der Waals surface area contributed by atoms with E-state index in [0.29, 0.717) is 41.9 Å². The molecule has 1 amide bonds. The molecule has 2 aromatic heterocycles. The number of fused-ring (bicyclic) bond motifs is 3. The van der Waals surface area contributed by atoms with Gasteiger partial charge in [-0.15, -0.1) is 10.2 Å². The fourth-order valence-electron chi connectivity index (χ4n) is 3.04. The van der Waals surface area contributed by atoms with Gasteiger partial charge in [-0.05, 0) is 30.9 Å². The topological polar surface area (TPSA) is 90.5 Å². The standard InChI is InChI=1S/C20H27N5O3S/c1-14(2)9-11-24-18(27)15-7-4-5-8-16(15)25-19(24)22-23-20(25)29-13-17(26)21-10-6-12-28-3/h4-5,7-8,14H,6,9-13H2,1-3H3,(H,21,26). The first-order chi connectivity index (χ1) is 14.0. The zero-order valence-electron chi connectivity index (χ0n) is 17.1. The van der Waals surface area contributed by atoms with E-state index in [4.69, 9.17) is 4.74 Å². The zero-order chi connectivity index (χ0) is 20.8. The summed E-state index contributed by atoms with van der Waals surface area (Å²) >= 11 is 1.31. The number of aryl methyl sites for hydroxylation is 1. The lowest BCUT2D eigenvalue weighted by Gasteiger charge is -2.12. The number of hydrogen-bond acceptors (Lipinski definition) is 6. The molecule has 29 heavy (non-hydrogen) atoms. The summed E-state index contributed by atoms with van der Waals surface area (Å²) in [6, 6.07) is 7.44. The predicted octanol–water partition coefficient (Wildman–Crippen LogP) is 2.34. The van der Waals surface area contributed by atoms with Crippen LogP contribution in [0, 0.1) is 5.92 Å². The summed E-state index contributed by atoms with van der Waals surface area (Å²) in [6.45, 7) is 6.01. The van der Waals surface area contributed by atoms with Gasteiger partial charge in [-0.25, -0.2) is 0 Å². The summed E-state index contributed by atoms with van der Waals surface area (Å²) in [5, 5.41) is 12.6. The van der Waals surface area contributed by atoms with E-state index >= 15 is 0 Å². The summed E-state index contributed by atoms with van der Waals surface area (Å²) in [5.74, 6) is 1.14. The van der Waals surface area contributed by atoms with Crippen LogP contribution in [0.1, 0.15) is 26.7 Å². The van der Waals surface area contributed by atoms with Crippen LogP contribution in [0.15, 0.2) is 34.2 Å². The highest BCUT2D eigenvalue weighted by atomic mass is 32.2. The molecule has 8 nitrogen and oxygen atoms in total. The molecule has 0 aliphatic rings. The number of para-hydroxylation sites is 1. The SMILES string of the molecule is COCCCNC(=O)CSc1nnc2n(CCC(C)C)c(=O)c3ccccc3n12. The van der Waals surface area contributed by atoms with Crippen LogP contribution < -0.4 is 10.9 Å². The molecule has 0 unspecified atom stereocenters. The predicted molar refractivity (Wildman–Crippen MR) is 114 cm³/mol. The van der Waals surface area contributed by atoms with Crippen molar-refractivity contribution >= 4 is 34.3 Å². The second kappa shape index (κ2) is 9.89. The van der Waals surface area contributed by atoms with Crippen LogP contribution in [0.25, 0.3) is 16.7 Å². The number of benzene rings is 1. The van der Waals surface area contributed by atoms with Crippen molar-refractivity contribution < 1.29 is 9.53 Å². The Morgan fingerprint density at radius 1 is 1.28 bits per heavy atom. The highest BCUT2D eigenvalue weighted by Gasteiger charge is 2.17. The third-order valence-corrected chi connectivity index (χ3v) is 5.52. The van der Waals surface area contributed by atoms with Gasteiger partial charge in [0.25, 0.3) is 5.56 Å². The van der Waals surface area contributed by atoms with Gasteiger partial charge in [-0.2, -0.15) is 0 Å². The van der Waals surface area contributed by atoms with Crippen molar-refractivity contribution in [2.45, 2.75) is 38.4 Å².